The molecule has 0 atom stereocenters. The summed E-state index contributed by atoms with van der Waals surface area (Å²) < 4.78 is 11.1. The highest BCUT2D eigenvalue weighted by Crippen LogP contribution is 2.29. The molecule has 0 radical (unpaired) electrons. The smallest absolute Gasteiger partial charge is 0.289 e. The summed E-state index contributed by atoms with van der Waals surface area (Å²) in [6, 6.07) is 11.5. The second kappa shape index (κ2) is 5.85. The fourth-order valence-electron chi connectivity index (χ4n) is 2.86. The first-order valence-corrected chi connectivity index (χ1v) is 7.63. The van der Waals surface area contributed by atoms with Crippen LogP contribution in [0.3, 0.4) is 0 Å². The standard InChI is InChI=1S/C18H16N2O3/c21-18(20-8-10-22-11-9-20)17-5-4-16(23-17)15-3-1-2-13-12-19-7-6-14(13)15/h1-7,12H,8-11H2. The minimum Gasteiger partial charge on any atom is -0.451 e. The fraction of sp³-hybridized carbons (Fsp3) is 0.222. The van der Waals surface area contributed by atoms with Gasteiger partial charge in [0.1, 0.15) is 5.76 Å². The molecule has 2 aromatic heterocycles. The van der Waals surface area contributed by atoms with Crippen molar-refractivity contribution in [3.63, 3.8) is 0 Å². The molecular weight excluding hydrogens is 292 g/mol. The average molecular weight is 308 g/mol. The highest BCUT2D eigenvalue weighted by molar-refractivity contribution is 5.96. The molecule has 1 aliphatic heterocycles. The number of aromatic nitrogens is 1. The molecule has 5 nitrogen and oxygen atoms in total. The Kier molecular flexibility index (Phi) is 3.55. The third kappa shape index (κ3) is 2.59. The van der Waals surface area contributed by atoms with E-state index in [2.05, 4.69) is 4.98 Å². The minimum absolute atomic E-state index is 0.0820. The van der Waals surface area contributed by atoms with Crippen LogP contribution < -0.4 is 0 Å². The SMILES string of the molecule is O=C(c1ccc(-c2cccc3cnccc23)o1)N1CCOCC1. The van der Waals surface area contributed by atoms with Crippen molar-refractivity contribution in [1.82, 2.24) is 9.88 Å². The van der Waals surface area contributed by atoms with Crippen LogP contribution in [-0.4, -0.2) is 42.1 Å². The lowest BCUT2D eigenvalue weighted by Gasteiger charge is -2.25. The van der Waals surface area contributed by atoms with Gasteiger partial charge in [-0.25, -0.2) is 0 Å². The van der Waals surface area contributed by atoms with Gasteiger partial charge in [-0.15, -0.1) is 0 Å². The minimum atomic E-state index is -0.0820. The Hall–Kier alpha value is -2.66. The van der Waals surface area contributed by atoms with Gasteiger partial charge in [-0.2, -0.15) is 0 Å². The quantitative estimate of drug-likeness (QED) is 0.730. The van der Waals surface area contributed by atoms with Crippen LogP contribution in [0.5, 0.6) is 0 Å². The second-order valence-corrected chi connectivity index (χ2v) is 5.47. The number of nitrogens with zero attached hydrogens (tertiary/aromatic N) is 2. The molecule has 0 aliphatic carbocycles. The number of furan rings is 1. The molecule has 3 heterocycles. The highest BCUT2D eigenvalue weighted by Gasteiger charge is 2.21. The van der Waals surface area contributed by atoms with Crippen molar-refractivity contribution in [3.05, 3.63) is 54.6 Å². The number of carbonyl (C=O) groups excluding carboxylic acids is 1. The second-order valence-electron chi connectivity index (χ2n) is 5.47. The van der Waals surface area contributed by atoms with Crippen LogP contribution in [-0.2, 0) is 4.74 Å². The number of fused-ring (bicyclic) bond motifs is 1. The number of amides is 1. The van der Waals surface area contributed by atoms with Gasteiger partial charge in [0.2, 0.25) is 0 Å². The van der Waals surface area contributed by atoms with Crippen molar-refractivity contribution in [1.29, 1.82) is 0 Å². The van der Waals surface area contributed by atoms with E-state index < -0.39 is 0 Å². The molecule has 4 rings (SSSR count). The van der Waals surface area contributed by atoms with E-state index in [0.29, 0.717) is 37.8 Å². The number of rotatable bonds is 2. The van der Waals surface area contributed by atoms with E-state index in [0.717, 1.165) is 16.3 Å². The van der Waals surface area contributed by atoms with Crippen LogP contribution in [0.1, 0.15) is 10.6 Å². The molecule has 1 saturated heterocycles. The van der Waals surface area contributed by atoms with Crippen LogP contribution in [0.4, 0.5) is 0 Å². The van der Waals surface area contributed by atoms with E-state index in [1.165, 1.54) is 0 Å². The van der Waals surface area contributed by atoms with E-state index in [-0.39, 0.29) is 5.91 Å². The van der Waals surface area contributed by atoms with Crippen molar-refractivity contribution in [2.75, 3.05) is 26.3 Å². The van der Waals surface area contributed by atoms with E-state index in [1.54, 1.807) is 17.2 Å². The topological polar surface area (TPSA) is 55.6 Å². The van der Waals surface area contributed by atoms with E-state index >= 15 is 0 Å². The molecular formula is C18H16N2O3. The molecule has 3 aromatic rings. The summed E-state index contributed by atoms with van der Waals surface area (Å²) in [5, 5.41) is 2.10. The summed E-state index contributed by atoms with van der Waals surface area (Å²) in [5.41, 5.74) is 0.964. The molecule has 116 valence electrons. The third-order valence-electron chi connectivity index (χ3n) is 4.06. The van der Waals surface area contributed by atoms with Gasteiger partial charge in [-0.1, -0.05) is 18.2 Å². The first-order valence-electron chi connectivity index (χ1n) is 7.63. The van der Waals surface area contributed by atoms with E-state index in [4.69, 9.17) is 9.15 Å². The fourth-order valence-corrected chi connectivity index (χ4v) is 2.86. The number of benzene rings is 1. The molecule has 1 aliphatic rings. The molecule has 5 heteroatoms. The molecule has 0 unspecified atom stereocenters. The van der Waals surface area contributed by atoms with Crippen LogP contribution in [0.15, 0.2) is 53.2 Å². The van der Waals surface area contributed by atoms with Crippen molar-refractivity contribution in [2.45, 2.75) is 0 Å². The summed E-state index contributed by atoms with van der Waals surface area (Å²) in [4.78, 5) is 18.4. The Morgan fingerprint density at radius 1 is 1.09 bits per heavy atom. The molecule has 1 amide bonds. The summed E-state index contributed by atoms with van der Waals surface area (Å²) in [6.07, 6.45) is 3.58. The van der Waals surface area contributed by atoms with Crippen LogP contribution >= 0.6 is 0 Å². The predicted octanol–water partition coefficient (Wildman–Crippen LogP) is 2.97. The maximum absolute atomic E-state index is 12.5. The zero-order valence-corrected chi connectivity index (χ0v) is 12.6. The zero-order valence-electron chi connectivity index (χ0n) is 12.6. The normalized spacial score (nSPS) is 15.0. The van der Waals surface area contributed by atoms with Gasteiger partial charge in [0.15, 0.2) is 5.76 Å². The monoisotopic (exact) mass is 308 g/mol. The lowest BCUT2D eigenvalue weighted by Crippen LogP contribution is -2.40. The lowest BCUT2D eigenvalue weighted by molar-refractivity contribution is 0.0283. The van der Waals surface area contributed by atoms with Gasteiger partial charge in [0, 0.05) is 36.4 Å². The summed E-state index contributed by atoms with van der Waals surface area (Å²) in [6.45, 7) is 2.37. The van der Waals surface area contributed by atoms with E-state index in [1.807, 2.05) is 36.5 Å². The van der Waals surface area contributed by atoms with Gasteiger partial charge >= 0.3 is 0 Å². The molecule has 1 fully saturated rings. The zero-order chi connectivity index (χ0) is 15.6. The Labute approximate surface area is 133 Å². The molecule has 0 bridgehead atoms. The van der Waals surface area contributed by atoms with Crippen molar-refractivity contribution in [2.24, 2.45) is 0 Å². The predicted molar refractivity (Wildman–Crippen MR) is 86.2 cm³/mol. The molecule has 0 saturated carbocycles. The van der Waals surface area contributed by atoms with Crippen LogP contribution in [0, 0.1) is 0 Å². The van der Waals surface area contributed by atoms with Gasteiger partial charge in [0.05, 0.1) is 13.2 Å². The van der Waals surface area contributed by atoms with Gasteiger partial charge in [-0.05, 0) is 23.6 Å². The number of ether oxygens (including phenoxy) is 1. The largest absolute Gasteiger partial charge is 0.451 e. The Balaban J connectivity index is 1.68. The van der Waals surface area contributed by atoms with Crippen LogP contribution in [0.25, 0.3) is 22.1 Å². The molecule has 23 heavy (non-hydrogen) atoms. The van der Waals surface area contributed by atoms with Gasteiger partial charge < -0.3 is 14.1 Å². The van der Waals surface area contributed by atoms with Crippen LogP contribution in [0.2, 0.25) is 0 Å². The Morgan fingerprint density at radius 3 is 2.83 bits per heavy atom. The number of morpholine rings is 1. The number of carbonyl (C=O) groups is 1. The molecule has 0 spiro atoms. The first kappa shape index (κ1) is 14.0. The average Bonchev–Trinajstić information content (AvgIpc) is 3.11. The number of hydrogen-bond donors (Lipinski definition) is 0. The third-order valence-corrected chi connectivity index (χ3v) is 4.06. The van der Waals surface area contributed by atoms with Gasteiger partial charge in [-0.3, -0.25) is 9.78 Å². The molecule has 1 aromatic carbocycles. The lowest BCUT2D eigenvalue weighted by atomic mass is 10.1. The summed E-state index contributed by atoms with van der Waals surface area (Å²) >= 11 is 0. The van der Waals surface area contributed by atoms with Gasteiger partial charge in [0.25, 0.3) is 5.91 Å². The maximum atomic E-state index is 12.5. The highest BCUT2D eigenvalue weighted by atomic mass is 16.5. The van der Waals surface area contributed by atoms with Crippen molar-refractivity contribution in [3.8, 4) is 11.3 Å². The van der Waals surface area contributed by atoms with Crippen molar-refractivity contribution < 1.29 is 13.9 Å². The number of pyridine rings is 1. The first-order chi connectivity index (χ1) is 11.3. The van der Waals surface area contributed by atoms with Crippen molar-refractivity contribution >= 4 is 16.7 Å². The number of hydrogen-bond acceptors (Lipinski definition) is 4. The summed E-state index contributed by atoms with van der Waals surface area (Å²) in [5.74, 6) is 0.979. The summed E-state index contributed by atoms with van der Waals surface area (Å²) in [7, 11) is 0. The maximum Gasteiger partial charge on any atom is 0.289 e. The Bertz CT molecular complexity index is 845. The molecule has 0 N–H and O–H groups in total. The Morgan fingerprint density at radius 2 is 1.96 bits per heavy atom. The van der Waals surface area contributed by atoms with E-state index in [9.17, 15) is 4.79 Å².